The summed E-state index contributed by atoms with van der Waals surface area (Å²) < 4.78 is 11.0. The lowest BCUT2D eigenvalue weighted by Gasteiger charge is -2.15. The first kappa shape index (κ1) is 16.0. The number of benzene rings is 1. The summed E-state index contributed by atoms with van der Waals surface area (Å²) in [6.07, 6.45) is -0.538. The average molecular weight is 323 g/mol. The second kappa shape index (κ2) is 7.08. The number of likely N-dealkylation sites (N-methyl/N-ethyl adjacent to an activating group) is 1. The van der Waals surface area contributed by atoms with Crippen LogP contribution in [-0.2, 0) is 9.53 Å². The van der Waals surface area contributed by atoms with Gasteiger partial charge < -0.3 is 19.7 Å². The number of carbonyl (C=O) groups excluding carboxylic acids is 2. The van der Waals surface area contributed by atoms with Crippen molar-refractivity contribution in [2.24, 2.45) is 0 Å². The summed E-state index contributed by atoms with van der Waals surface area (Å²) in [7, 11) is 3.07. The first-order valence-electron chi connectivity index (χ1n) is 6.66. The highest BCUT2D eigenvalue weighted by molar-refractivity contribution is 7.22. The Kier molecular flexibility index (Phi) is 5.16. The highest BCUT2D eigenvalue weighted by atomic mass is 32.1. The molecule has 0 atom stereocenters. The lowest BCUT2D eigenvalue weighted by atomic mass is 10.3. The summed E-state index contributed by atoms with van der Waals surface area (Å²) in [6.45, 7) is 1.87. The molecular weight excluding hydrogens is 306 g/mol. The highest BCUT2D eigenvalue weighted by Gasteiger charge is 2.15. The van der Waals surface area contributed by atoms with E-state index in [1.807, 2.05) is 18.2 Å². The number of para-hydroxylation sites is 1. The summed E-state index contributed by atoms with van der Waals surface area (Å²) in [6, 6.07) is 5.57. The highest BCUT2D eigenvalue weighted by Crippen LogP contribution is 2.31. The zero-order valence-electron chi connectivity index (χ0n) is 12.6. The number of carbonyl (C=O) groups is 2. The molecule has 0 saturated carbocycles. The first-order valence-corrected chi connectivity index (χ1v) is 7.48. The van der Waals surface area contributed by atoms with Crippen LogP contribution in [0.2, 0.25) is 0 Å². The van der Waals surface area contributed by atoms with Gasteiger partial charge in [0.25, 0.3) is 0 Å². The normalized spacial score (nSPS) is 10.3. The molecule has 0 bridgehead atoms. The Labute approximate surface area is 131 Å². The van der Waals surface area contributed by atoms with Crippen LogP contribution in [0.4, 0.5) is 9.93 Å². The van der Waals surface area contributed by atoms with Gasteiger partial charge in [-0.05, 0) is 19.1 Å². The van der Waals surface area contributed by atoms with Crippen molar-refractivity contribution in [1.29, 1.82) is 0 Å². The fourth-order valence-corrected chi connectivity index (χ4v) is 2.71. The lowest BCUT2D eigenvalue weighted by molar-refractivity contribution is -0.116. The van der Waals surface area contributed by atoms with Crippen LogP contribution in [0.1, 0.15) is 6.92 Å². The van der Waals surface area contributed by atoms with Gasteiger partial charge in [0.15, 0.2) is 5.13 Å². The van der Waals surface area contributed by atoms with Gasteiger partial charge in [-0.25, -0.2) is 9.78 Å². The Hall–Kier alpha value is -2.35. The summed E-state index contributed by atoms with van der Waals surface area (Å²) in [4.78, 5) is 28.9. The molecule has 0 aliphatic carbocycles. The van der Waals surface area contributed by atoms with Gasteiger partial charge in [-0.3, -0.25) is 4.79 Å². The van der Waals surface area contributed by atoms with Crippen LogP contribution in [0.5, 0.6) is 5.75 Å². The van der Waals surface area contributed by atoms with Crippen molar-refractivity contribution in [3.63, 3.8) is 0 Å². The molecule has 0 radical (unpaired) electrons. The number of fused-ring (bicyclic) bond motifs is 1. The van der Waals surface area contributed by atoms with Crippen molar-refractivity contribution in [3.05, 3.63) is 18.2 Å². The van der Waals surface area contributed by atoms with E-state index in [0.717, 1.165) is 4.70 Å². The molecule has 0 aliphatic heterocycles. The minimum Gasteiger partial charge on any atom is -0.494 e. The predicted molar refractivity (Wildman–Crippen MR) is 84.5 cm³/mol. The molecule has 1 aromatic heterocycles. The largest absolute Gasteiger partial charge is 0.494 e. The van der Waals surface area contributed by atoms with Crippen molar-refractivity contribution >= 4 is 38.7 Å². The Morgan fingerprint density at radius 2 is 2.18 bits per heavy atom. The Morgan fingerprint density at radius 3 is 2.86 bits per heavy atom. The lowest BCUT2D eigenvalue weighted by Crippen LogP contribution is -2.35. The number of anilines is 1. The zero-order valence-corrected chi connectivity index (χ0v) is 13.4. The molecule has 0 fully saturated rings. The molecule has 1 aromatic carbocycles. The van der Waals surface area contributed by atoms with Crippen molar-refractivity contribution in [2.45, 2.75) is 6.92 Å². The molecule has 1 N–H and O–H groups in total. The molecule has 118 valence electrons. The maximum atomic E-state index is 11.9. The maximum absolute atomic E-state index is 11.9. The van der Waals surface area contributed by atoms with Crippen molar-refractivity contribution in [3.8, 4) is 5.75 Å². The summed E-state index contributed by atoms with van der Waals surface area (Å²) in [5, 5.41) is 3.13. The quantitative estimate of drug-likeness (QED) is 0.913. The van der Waals surface area contributed by atoms with Gasteiger partial charge in [0.05, 0.1) is 18.4 Å². The number of rotatable bonds is 5. The van der Waals surface area contributed by atoms with Crippen LogP contribution >= 0.6 is 11.3 Å². The van der Waals surface area contributed by atoms with Crippen molar-refractivity contribution in [1.82, 2.24) is 9.88 Å². The number of aromatic nitrogens is 1. The fourth-order valence-electron chi connectivity index (χ4n) is 1.81. The van der Waals surface area contributed by atoms with E-state index in [1.165, 1.54) is 23.3 Å². The van der Waals surface area contributed by atoms with Gasteiger partial charge in [-0.15, -0.1) is 0 Å². The van der Waals surface area contributed by atoms with E-state index in [0.29, 0.717) is 16.4 Å². The molecule has 1 heterocycles. The molecule has 0 saturated heterocycles. The number of amides is 2. The van der Waals surface area contributed by atoms with E-state index in [2.05, 4.69) is 10.3 Å². The Morgan fingerprint density at radius 1 is 1.41 bits per heavy atom. The van der Waals surface area contributed by atoms with E-state index in [9.17, 15) is 9.59 Å². The van der Waals surface area contributed by atoms with Crippen molar-refractivity contribution < 1.29 is 19.1 Å². The molecule has 2 amide bonds. The number of methoxy groups -OCH3 is 1. The SMILES string of the molecule is CCOC(=O)N(C)CC(=O)Nc1nc2c(OC)cccc2s1. The van der Waals surface area contributed by atoms with E-state index in [1.54, 1.807) is 14.0 Å². The van der Waals surface area contributed by atoms with Gasteiger partial charge in [0, 0.05) is 7.05 Å². The Bertz CT molecular complexity index is 686. The number of hydrogen-bond acceptors (Lipinski definition) is 6. The van der Waals surface area contributed by atoms with E-state index < -0.39 is 6.09 Å². The molecule has 7 nitrogen and oxygen atoms in total. The van der Waals surface area contributed by atoms with Gasteiger partial charge in [0.2, 0.25) is 5.91 Å². The van der Waals surface area contributed by atoms with Crippen molar-refractivity contribution in [2.75, 3.05) is 32.6 Å². The second-order valence-electron chi connectivity index (χ2n) is 4.43. The van der Waals surface area contributed by atoms with Crippen LogP contribution in [-0.4, -0.2) is 49.2 Å². The first-order chi connectivity index (χ1) is 10.5. The summed E-state index contributed by atoms with van der Waals surface area (Å²) in [5.74, 6) is 0.312. The summed E-state index contributed by atoms with van der Waals surface area (Å²) in [5.41, 5.74) is 0.698. The third-order valence-corrected chi connectivity index (χ3v) is 3.74. The molecule has 0 unspecified atom stereocenters. The molecule has 22 heavy (non-hydrogen) atoms. The monoisotopic (exact) mass is 323 g/mol. The molecule has 8 heteroatoms. The molecule has 0 spiro atoms. The summed E-state index contributed by atoms with van der Waals surface area (Å²) >= 11 is 1.34. The molecule has 2 rings (SSSR count). The van der Waals surface area contributed by atoms with Crippen LogP contribution in [0, 0.1) is 0 Å². The third kappa shape index (κ3) is 3.64. The topological polar surface area (TPSA) is 80.8 Å². The molecular formula is C14H17N3O4S. The van der Waals surface area contributed by atoms with E-state index in [4.69, 9.17) is 9.47 Å². The second-order valence-corrected chi connectivity index (χ2v) is 5.46. The smallest absolute Gasteiger partial charge is 0.409 e. The number of thiazole rings is 1. The zero-order chi connectivity index (χ0) is 16.1. The number of hydrogen-bond donors (Lipinski definition) is 1. The number of nitrogens with zero attached hydrogens (tertiary/aromatic N) is 2. The third-order valence-electron chi connectivity index (χ3n) is 2.81. The van der Waals surface area contributed by atoms with Gasteiger partial charge in [-0.1, -0.05) is 17.4 Å². The minimum atomic E-state index is -0.538. The van der Waals surface area contributed by atoms with Gasteiger partial charge in [-0.2, -0.15) is 0 Å². The average Bonchev–Trinajstić information content (AvgIpc) is 2.89. The minimum absolute atomic E-state index is 0.105. The van der Waals surface area contributed by atoms with Crippen LogP contribution < -0.4 is 10.1 Å². The van der Waals surface area contributed by atoms with E-state index >= 15 is 0 Å². The molecule has 0 aliphatic rings. The van der Waals surface area contributed by atoms with Gasteiger partial charge >= 0.3 is 6.09 Å². The standard InChI is InChI=1S/C14H17N3O4S/c1-4-21-14(19)17(2)8-11(18)15-13-16-12-9(20-3)6-5-7-10(12)22-13/h5-7H,4,8H2,1-3H3,(H,15,16,18). The Balaban J connectivity index is 2.04. The maximum Gasteiger partial charge on any atom is 0.409 e. The van der Waals surface area contributed by atoms with Gasteiger partial charge in [0.1, 0.15) is 17.8 Å². The van der Waals surface area contributed by atoms with Crippen LogP contribution in [0.15, 0.2) is 18.2 Å². The number of nitrogens with one attached hydrogen (secondary N) is 1. The van der Waals surface area contributed by atoms with Crippen LogP contribution in [0.25, 0.3) is 10.2 Å². The number of ether oxygens (including phenoxy) is 2. The van der Waals surface area contributed by atoms with E-state index in [-0.39, 0.29) is 19.1 Å². The van der Waals surface area contributed by atoms with Crippen LogP contribution in [0.3, 0.4) is 0 Å². The molecule has 2 aromatic rings. The fraction of sp³-hybridized carbons (Fsp3) is 0.357. The predicted octanol–water partition coefficient (Wildman–Crippen LogP) is 2.33.